The first-order chi connectivity index (χ1) is 17.2. The number of fused-ring (bicyclic) bond motifs is 5. The summed E-state index contributed by atoms with van der Waals surface area (Å²) in [6.07, 6.45) is 23.0. The molecule has 4 rings (SSSR count). The fourth-order valence-electron chi connectivity index (χ4n) is 8.48. The zero-order chi connectivity index (χ0) is 27.4. The van der Waals surface area contributed by atoms with Crippen LogP contribution in [-0.2, 0) is 0 Å². The van der Waals surface area contributed by atoms with Crippen molar-refractivity contribution in [2.45, 2.75) is 159 Å². The van der Waals surface area contributed by atoms with Crippen molar-refractivity contribution >= 4 is 0 Å². The van der Waals surface area contributed by atoms with Crippen LogP contribution in [-0.4, -0.2) is 11.7 Å². The minimum atomic E-state index is 0.331. The molecule has 0 radical (unpaired) electrons. The number of aliphatic hydroxyl groups is 1. The van der Waals surface area contributed by atoms with Gasteiger partial charge in [0, 0.05) is 6.61 Å². The van der Waals surface area contributed by atoms with E-state index >= 15 is 0 Å². The van der Waals surface area contributed by atoms with Crippen molar-refractivity contribution in [1.29, 1.82) is 0 Å². The first-order valence-electron chi connectivity index (χ1n) is 16.5. The van der Waals surface area contributed by atoms with Crippen LogP contribution in [0.1, 0.15) is 159 Å². The number of allylic oxidation sites excluding steroid dienone is 2. The normalized spacial score (nSPS) is 34.5. The summed E-state index contributed by atoms with van der Waals surface area (Å²) in [6, 6.07) is 0. The molecule has 0 bridgehead atoms. The van der Waals surface area contributed by atoms with Crippen LogP contribution in [0.4, 0.5) is 0 Å². The van der Waals surface area contributed by atoms with Crippen LogP contribution in [0.5, 0.6) is 0 Å². The van der Waals surface area contributed by atoms with Gasteiger partial charge in [-0.1, -0.05) is 107 Å². The van der Waals surface area contributed by atoms with Crippen LogP contribution in [0.25, 0.3) is 0 Å². The summed E-state index contributed by atoms with van der Waals surface area (Å²) in [5.41, 5.74) is 3.13. The van der Waals surface area contributed by atoms with E-state index in [4.69, 9.17) is 5.11 Å². The zero-order valence-electron chi connectivity index (χ0n) is 26.6. The van der Waals surface area contributed by atoms with Crippen LogP contribution in [0.2, 0.25) is 0 Å². The predicted octanol–water partition coefficient (Wildman–Crippen LogP) is 11.2. The summed E-state index contributed by atoms with van der Waals surface area (Å²) in [4.78, 5) is 0. The van der Waals surface area contributed by atoms with Crippen molar-refractivity contribution in [1.82, 2.24) is 0 Å². The fraction of sp³-hybridized carbons (Fsp3) is 0.943. The first kappa shape index (κ1) is 33.7. The van der Waals surface area contributed by atoms with Gasteiger partial charge in [0.1, 0.15) is 0 Å². The molecule has 0 heterocycles. The van der Waals surface area contributed by atoms with E-state index in [2.05, 4.69) is 47.6 Å². The third kappa shape index (κ3) is 8.35. The Kier molecular flexibility index (Phi) is 15.6. The summed E-state index contributed by atoms with van der Waals surface area (Å²) in [7, 11) is 0. The summed E-state index contributed by atoms with van der Waals surface area (Å²) in [5.74, 6) is 5.63. The molecule has 0 aromatic rings. The molecule has 1 heteroatoms. The van der Waals surface area contributed by atoms with E-state index < -0.39 is 0 Å². The van der Waals surface area contributed by atoms with Crippen molar-refractivity contribution in [3.63, 3.8) is 0 Å². The van der Waals surface area contributed by atoms with Gasteiger partial charge < -0.3 is 5.11 Å². The Morgan fingerprint density at radius 1 is 0.833 bits per heavy atom. The molecule has 1 N–H and O–H groups in total. The topological polar surface area (TPSA) is 20.2 Å². The molecule has 3 saturated carbocycles. The molecule has 1 nitrogen and oxygen atoms in total. The zero-order valence-corrected chi connectivity index (χ0v) is 26.6. The molecule has 0 aromatic heterocycles. The van der Waals surface area contributed by atoms with Gasteiger partial charge >= 0.3 is 0 Å². The summed E-state index contributed by atoms with van der Waals surface area (Å²) in [6.45, 7) is 22.7. The standard InChI is InChI=1S/C26H44.C5H12O.2C2H6/c1-19(2)9-5-6-10-21-13-15-23-22-14-12-20-11-7-8-17-25(20,3)24(22)16-18-26(21,23)4;1-5(2)3-4-6;2*1-2/h12,19,21-24H,5-11,13-18H2,1-4H3;5-6H,3-4H2,1-2H3;2*1-2H3. The summed E-state index contributed by atoms with van der Waals surface area (Å²) < 4.78 is 0. The molecule has 214 valence electrons. The molecular weight excluding hydrogens is 436 g/mol. The van der Waals surface area contributed by atoms with E-state index in [1.54, 1.807) is 12.8 Å². The molecule has 6 unspecified atom stereocenters. The van der Waals surface area contributed by atoms with Crippen molar-refractivity contribution in [2.75, 3.05) is 6.61 Å². The molecule has 36 heavy (non-hydrogen) atoms. The van der Waals surface area contributed by atoms with E-state index in [0.717, 1.165) is 36.0 Å². The van der Waals surface area contributed by atoms with Crippen molar-refractivity contribution in [2.24, 2.45) is 46.3 Å². The molecule has 4 aliphatic rings. The number of unbranched alkanes of at least 4 members (excludes halogenated alkanes) is 1. The quantitative estimate of drug-likeness (QED) is 0.270. The first-order valence-corrected chi connectivity index (χ1v) is 16.5. The van der Waals surface area contributed by atoms with Gasteiger partial charge in [-0.25, -0.2) is 0 Å². The summed E-state index contributed by atoms with van der Waals surface area (Å²) in [5, 5.41) is 8.24. The van der Waals surface area contributed by atoms with Crippen molar-refractivity contribution in [3.8, 4) is 0 Å². The van der Waals surface area contributed by atoms with E-state index in [1.165, 1.54) is 70.6 Å². The molecule has 0 aromatic carbocycles. The maximum Gasteiger partial charge on any atom is 0.0433 e. The lowest BCUT2D eigenvalue weighted by Crippen LogP contribution is -2.49. The molecule has 0 aliphatic heterocycles. The Bertz CT molecular complexity index is 604. The molecule has 6 atom stereocenters. The Hall–Kier alpha value is -0.300. The molecule has 4 aliphatic carbocycles. The average Bonchev–Trinajstić information content (AvgIpc) is 3.20. The van der Waals surface area contributed by atoms with Crippen molar-refractivity contribution in [3.05, 3.63) is 11.6 Å². The van der Waals surface area contributed by atoms with Gasteiger partial charge in [0.05, 0.1) is 0 Å². The number of rotatable bonds is 7. The second-order valence-electron chi connectivity index (χ2n) is 13.4. The monoisotopic (exact) mass is 505 g/mol. The lowest BCUT2D eigenvalue weighted by atomic mass is 9.47. The Morgan fingerprint density at radius 2 is 1.50 bits per heavy atom. The Labute approximate surface area is 228 Å². The highest BCUT2D eigenvalue weighted by molar-refractivity contribution is 5.24. The van der Waals surface area contributed by atoms with E-state index in [9.17, 15) is 0 Å². The lowest BCUT2D eigenvalue weighted by molar-refractivity contribution is -0.0425. The van der Waals surface area contributed by atoms with E-state index in [1.807, 2.05) is 33.3 Å². The van der Waals surface area contributed by atoms with Crippen LogP contribution in [0, 0.1) is 46.3 Å². The fourth-order valence-corrected chi connectivity index (χ4v) is 8.48. The highest BCUT2D eigenvalue weighted by Crippen LogP contribution is 2.66. The Morgan fingerprint density at radius 3 is 2.08 bits per heavy atom. The largest absolute Gasteiger partial charge is 0.396 e. The number of aliphatic hydroxyl groups excluding tert-OH is 1. The van der Waals surface area contributed by atoms with Gasteiger partial charge in [0.25, 0.3) is 0 Å². The minimum absolute atomic E-state index is 0.331. The summed E-state index contributed by atoms with van der Waals surface area (Å²) >= 11 is 0. The molecule has 0 saturated heterocycles. The molecular formula is C35H68O. The minimum Gasteiger partial charge on any atom is -0.396 e. The maximum atomic E-state index is 8.24. The molecule has 0 amide bonds. The predicted molar refractivity (Wildman–Crippen MR) is 162 cm³/mol. The maximum absolute atomic E-state index is 8.24. The van der Waals surface area contributed by atoms with Gasteiger partial charge in [-0.05, 0) is 111 Å². The highest BCUT2D eigenvalue weighted by atomic mass is 16.3. The number of hydrogen-bond donors (Lipinski definition) is 1. The van der Waals surface area contributed by atoms with E-state index in [-0.39, 0.29) is 0 Å². The van der Waals surface area contributed by atoms with Crippen LogP contribution in [0.3, 0.4) is 0 Å². The van der Waals surface area contributed by atoms with Crippen LogP contribution in [0.15, 0.2) is 11.6 Å². The van der Waals surface area contributed by atoms with Crippen LogP contribution >= 0.6 is 0 Å². The van der Waals surface area contributed by atoms with Gasteiger partial charge in [-0.2, -0.15) is 0 Å². The van der Waals surface area contributed by atoms with Gasteiger partial charge in [0.15, 0.2) is 0 Å². The van der Waals surface area contributed by atoms with Gasteiger partial charge in [0.2, 0.25) is 0 Å². The second-order valence-corrected chi connectivity index (χ2v) is 13.4. The SMILES string of the molecule is CC.CC.CC(C)CCCCC1CCC2C3CC=C4CCCCC4(C)C3CCC12C.CC(C)CCO. The highest BCUT2D eigenvalue weighted by Gasteiger charge is 2.57. The third-order valence-corrected chi connectivity index (χ3v) is 10.5. The second kappa shape index (κ2) is 16.6. The number of hydrogen-bond acceptors (Lipinski definition) is 1. The third-order valence-electron chi connectivity index (χ3n) is 10.5. The van der Waals surface area contributed by atoms with Gasteiger partial charge in [-0.3, -0.25) is 0 Å². The van der Waals surface area contributed by atoms with Crippen molar-refractivity contribution < 1.29 is 5.11 Å². The Balaban J connectivity index is 0.000000563. The molecule has 0 spiro atoms. The lowest BCUT2D eigenvalue weighted by Gasteiger charge is -2.57. The van der Waals surface area contributed by atoms with Crippen LogP contribution < -0.4 is 0 Å². The van der Waals surface area contributed by atoms with E-state index in [0.29, 0.717) is 23.4 Å². The molecule has 3 fully saturated rings. The smallest absolute Gasteiger partial charge is 0.0433 e. The average molecular weight is 505 g/mol. The van der Waals surface area contributed by atoms with Gasteiger partial charge in [-0.15, -0.1) is 0 Å².